The van der Waals surface area contributed by atoms with Gasteiger partial charge >= 0.3 is 0 Å². The minimum absolute atomic E-state index is 0.451. The first-order valence-corrected chi connectivity index (χ1v) is 22.5. The summed E-state index contributed by atoms with van der Waals surface area (Å²) in [5, 5.41) is 2.64. The molecule has 2 heteroatoms. The molecule has 11 aromatic rings. The molecule has 0 fully saturated rings. The summed E-state index contributed by atoms with van der Waals surface area (Å²) in [5.74, 6) is 0. The lowest BCUT2D eigenvalue weighted by Gasteiger charge is -2.34. The number of benzene rings is 10. The lowest BCUT2D eigenvalue weighted by atomic mass is 9.68. The maximum absolute atomic E-state index is 2.38. The lowest BCUT2D eigenvalue weighted by Crippen LogP contribution is -2.28. The number of nitrogens with zero attached hydrogens (tertiary/aromatic N) is 1. The van der Waals surface area contributed by atoms with Crippen LogP contribution in [0.5, 0.6) is 0 Å². The van der Waals surface area contributed by atoms with Crippen LogP contribution in [0.15, 0.2) is 249 Å². The highest BCUT2D eigenvalue weighted by Crippen LogP contribution is 2.56. The molecule has 0 amide bonds. The summed E-state index contributed by atoms with van der Waals surface area (Å²) < 4.78 is 2.66. The average molecular weight is 820 g/mol. The van der Waals surface area contributed by atoms with E-state index in [0.717, 1.165) is 17.1 Å². The fourth-order valence-electron chi connectivity index (χ4n) is 10.1. The van der Waals surface area contributed by atoms with Gasteiger partial charge in [-0.1, -0.05) is 200 Å². The van der Waals surface area contributed by atoms with Crippen molar-refractivity contribution in [1.82, 2.24) is 0 Å². The highest BCUT2D eigenvalue weighted by atomic mass is 32.1. The highest BCUT2D eigenvalue weighted by molar-refractivity contribution is 7.26. The third-order valence-corrected chi connectivity index (χ3v) is 14.2. The van der Waals surface area contributed by atoms with E-state index in [-0.39, 0.29) is 0 Å². The number of fused-ring (bicyclic) bond motifs is 6. The molecule has 10 aromatic carbocycles. The Morgan fingerprint density at radius 1 is 0.302 bits per heavy atom. The Balaban J connectivity index is 0.951. The molecule has 1 heterocycles. The molecule has 1 nitrogen and oxygen atoms in total. The molecule has 0 aliphatic heterocycles. The Bertz CT molecular complexity index is 3370. The summed E-state index contributed by atoms with van der Waals surface area (Å²) in [4.78, 5) is 2.38. The summed E-state index contributed by atoms with van der Waals surface area (Å²) >= 11 is 1.88. The second-order valence-corrected chi connectivity index (χ2v) is 17.5. The van der Waals surface area contributed by atoms with Gasteiger partial charge in [0, 0.05) is 37.2 Å². The van der Waals surface area contributed by atoms with Gasteiger partial charge in [0.15, 0.2) is 0 Å². The minimum atomic E-state index is -0.451. The second-order valence-electron chi connectivity index (χ2n) is 16.4. The summed E-state index contributed by atoms with van der Waals surface area (Å²) in [6.45, 7) is 0. The fraction of sp³-hybridized carbons (Fsp3) is 0.0164. The van der Waals surface area contributed by atoms with Crippen LogP contribution in [0.1, 0.15) is 22.3 Å². The Morgan fingerprint density at radius 2 is 0.746 bits per heavy atom. The van der Waals surface area contributed by atoms with Crippen molar-refractivity contribution in [3.63, 3.8) is 0 Å². The van der Waals surface area contributed by atoms with Gasteiger partial charge in [-0.15, -0.1) is 11.3 Å². The van der Waals surface area contributed by atoms with E-state index in [9.17, 15) is 0 Å². The summed E-state index contributed by atoms with van der Waals surface area (Å²) in [6, 6.07) is 91.3. The maximum atomic E-state index is 2.38. The molecule has 0 spiro atoms. The normalized spacial score (nSPS) is 12.6. The molecule has 0 bridgehead atoms. The standard InChI is InChI=1S/C61H41NS/c1-3-15-42(16-4-1)43-29-35-49(36-30-43)62(50-37-31-44(32-38-50)45-17-13-18-46(41-45)52-24-14-25-56-55-23-9-12-28-59(55)63-60(52)56)51-39-33-48(34-40-51)61(47-19-5-2-6-20-47)57-26-10-7-21-53(57)54-22-8-11-27-58(54)61/h1-41H. The lowest BCUT2D eigenvalue weighted by molar-refractivity contribution is 0.768. The van der Waals surface area contributed by atoms with E-state index in [1.165, 1.54) is 86.9 Å². The zero-order valence-electron chi connectivity index (χ0n) is 34.5. The second kappa shape index (κ2) is 15.3. The van der Waals surface area contributed by atoms with E-state index in [1.807, 2.05) is 11.3 Å². The van der Waals surface area contributed by atoms with E-state index in [1.54, 1.807) is 0 Å². The molecule has 63 heavy (non-hydrogen) atoms. The van der Waals surface area contributed by atoms with Gasteiger partial charge in [0.2, 0.25) is 0 Å². The van der Waals surface area contributed by atoms with Gasteiger partial charge in [0.25, 0.3) is 0 Å². The Morgan fingerprint density at radius 3 is 1.41 bits per heavy atom. The van der Waals surface area contributed by atoms with Crippen molar-refractivity contribution < 1.29 is 0 Å². The van der Waals surface area contributed by atoms with E-state index in [2.05, 4.69) is 254 Å². The number of thiophene rings is 1. The predicted molar refractivity (Wildman–Crippen MR) is 268 cm³/mol. The van der Waals surface area contributed by atoms with Crippen LogP contribution in [0.2, 0.25) is 0 Å². The number of anilines is 3. The zero-order valence-corrected chi connectivity index (χ0v) is 35.3. The van der Waals surface area contributed by atoms with Crippen LogP contribution in [0.4, 0.5) is 17.1 Å². The molecule has 296 valence electrons. The van der Waals surface area contributed by atoms with E-state index < -0.39 is 5.41 Å². The van der Waals surface area contributed by atoms with Gasteiger partial charge in [0.1, 0.15) is 0 Å². The zero-order chi connectivity index (χ0) is 41.7. The van der Waals surface area contributed by atoms with Crippen LogP contribution in [-0.4, -0.2) is 0 Å². The quantitative estimate of drug-likeness (QED) is 0.148. The predicted octanol–water partition coefficient (Wildman–Crippen LogP) is 16.9. The van der Waals surface area contributed by atoms with Crippen LogP contribution in [0.3, 0.4) is 0 Å². The van der Waals surface area contributed by atoms with Crippen LogP contribution in [-0.2, 0) is 5.41 Å². The van der Waals surface area contributed by atoms with Crippen LogP contribution in [0.25, 0.3) is 64.7 Å². The largest absolute Gasteiger partial charge is 0.311 e. The van der Waals surface area contributed by atoms with Gasteiger partial charge < -0.3 is 4.90 Å². The number of rotatable bonds is 8. The van der Waals surface area contributed by atoms with Crippen molar-refractivity contribution in [2.45, 2.75) is 5.41 Å². The van der Waals surface area contributed by atoms with Crippen molar-refractivity contribution in [1.29, 1.82) is 0 Å². The molecule has 0 saturated carbocycles. The molecule has 0 N–H and O–H groups in total. The Hall–Kier alpha value is -7.78. The van der Waals surface area contributed by atoms with Crippen molar-refractivity contribution in [2.75, 3.05) is 4.90 Å². The topological polar surface area (TPSA) is 3.24 Å². The molecule has 12 rings (SSSR count). The van der Waals surface area contributed by atoms with Crippen molar-refractivity contribution in [3.8, 4) is 44.5 Å². The Labute approximate surface area is 372 Å². The molecular weight excluding hydrogens is 779 g/mol. The monoisotopic (exact) mass is 819 g/mol. The van der Waals surface area contributed by atoms with Crippen LogP contribution < -0.4 is 4.90 Å². The molecule has 0 atom stereocenters. The van der Waals surface area contributed by atoms with Crippen LogP contribution >= 0.6 is 11.3 Å². The molecule has 0 saturated heterocycles. The van der Waals surface area contributed by atoms with E-state index >= 15 is 0 Å². The number of hydrogen-bond acceptors (Lipinski definition) is 2. The van der Waals surface area contributed by atoms with Gasteiger partial charge in [-0.2, -0.15) is 0 Å². The third-order valence-electron chi connectivity index (χ3n) is 13.0. The molecule has 1 aromatic heterocycles. The summed E-state index contributed by atoms with van der Waals surface area (Å²) in [7, 11) is 0. The van der Waals surface area contributed by atoms with Gasteiger partial charge in [-0.25, -0.2) is 0 Å². The highest BCUT2D eigenvalue weighted by Gasteiger charge is 2.45. The van der Waals surface area contributed by atoms with E-state index in [0.29, 0.717) is 0 Å². The smallest absolute Gasteiger partial charge is 0.0713 e. The van der Waals surface area contributed by atoms with Gasteiger partial charge in [-0.05, 0) is 115 Å². The van der Waals surface area contributed by atoms with Crippen molar-refractivity contribution in [3.05, 3.63) is 271 Å². The van der Waals surface area contributed by atoms with Crippen LogP contribution in [0, 0.1) is 0 Å². The first kappa shape index (κ1) is 37.0. The average Bonchev–Trinajstić information content (AvgIpc) is 3.90. The number of hydrogen-bond donors (Lipinski definition) is 0. The van der Waals surface area contributed by atoms with Crippen molar-refractivity contribution >= 4 is 48.6 Å². The SMILES string of the molecule is c1ccc(-c2ccc(N(c3ccc(-c4cccc(-c5cccc6c5sc5ccccc56)c4)cc3)c3ccc(C4(c5ccccc5)c5ccccc5-c5ccccc54)cc3)cc2)cc1. The molecule has 1 aliphatic rings. The minimum Gasteiger partial charge on any atom is -0.311 e. The molecule has 0 radical (unpaired) electrons. The summed E-state index contributed by atoms with van der Waals surface area (Å²) in [5.41, 5.74) is 17.9. The molecule has 0 unspecified atom stereocenters. The van der Waals surface area contributed by atoms with E-state index in [4.69, 9.17) is 0 Å². The first-order chi connectivity index (χ1) is 31.2. The Kier molecular flexibility index (Phi) is 8.98. The molecule has 1 aliphatic carbocycles. The van der Waals surface area contributed by atoms with Crippen molar-refractivity contribution in [2.24, 2.45) is 0 Å². The van der Waals surface area contributed by atoms with Gasteiger partial charge in [0.05, 0.1) is 5.41 Å². The van der Waals surface area contributed by atoms with Gasteiger partial charge in [-0.3, -0.25) is 0 Å². The third kappa shape index (κ3) is 6.14. The fourth-order valence-corrected chi connectivity index (χ4v) is 11.3. The summed E-state index contributed by atoms with van der Waals surface area (Å²) in [6.07, 6.45) is 0. The molecular formula is C61H41NS. The first-order valence-electron chi connectivity index (χ1n) is 21.7. The maximum Gasteiger partial charge on any atom is 0.0713 e.